The van der Waals surface area contributed by atoms with E-state index in [9.17, 15) is 9.59 Å². The zero-order valence-electron chi connectivity index (χ0n) is 12.4. The highest BCUT2D eigenvalue weighted by Gasteiger charge is 2.29. The molecule has 5 heteroatoms. The lowest BCUT2D eigenvalue weighted by atomic mass is 10.0. The summed E-state index contributed by atoms with van der Waals surface area (Å²) in [7, 11) is 1.84. The molecule has 1 fully saturated rings. The number of nitrogens with one attached hydrogen (secondary N) is 2. The standard InChI is InChI=1S/C15H25N3O2/c1-4-10-16-11-6-5-7-12(2)18(3)13-8-9-14(19)17-15(13)20/h5,7,13,16H,2,4,6,8-11H2,1,3H3,(H,17,19,20)/b7-5-. The first-order valence-corrected chi connectivity index (χ1v) is 7.19. The van der Waals surface area contributed by atoms with E-state index in [1.54, 1.807) is 0 Å². The van der Waals surface area contributed by atoms with Crippen molar-refractivity contribution in [3.63, 3.8) is 0 Å². The maximum atomic E-state index is 11.7. The van der Waals surface area contributed by atoms with Crippen molar-refractivity contribution < 1.29 is 9.59 Å². The Kier molecular flexibility index (Phi) is 7.01. The molecule has 1 aliphatic heterocycles. The number of hydrogen-bond donors (Lipinski definition) is 2. The third-order valence-electron chi connectivity index (χ3n) is 3.36. The highest BCUT2D eigenvalue weighted by Crippen LogP contribution is 2.15. The number of likely N-dealkylation sites (N-methyl/N-ethyl adjacent to an activating group) is 1. The van der Waals surface area contributed by atoms with Crippen LogP contribution in [0.2, 0.25) is 0 Å². The summed E-state index contributed by atoms with van der Waals surface area (Å²) in [6.45, 7) is 8.09. The van der Waals surface area contributed by atoms with Gasteiger partial charge in [-0.2, -0.15) is 0 Å². The maximum absolute atomic E-state index is 11.7. The summed E-state index contributed by atoms with van der Waals surface area (Å²) in [4.78, 5) is 24.7. The SMILES string of the molecule is C=C(/C=C\CCNCCC)N(C)C1CCC(=O)NC1=O. The topological polar surface area (TPSA) is 61.4 Å². The summed E-state index contributed by atoms with van der Waals surface area (Å²) in [5, 5.41) is 5.68. The van der Waals surface area contributed by atoms with Crippen LogP contribution in [0.5, 0.6) is 0 Å². The minimum atomic E-state index is -0.303. The predicted octanol–water partition coefficient (Wildman–Crippen LogP) is 1.18. The second kappa shape index (κ2) is 8.53. The zero-order chi connectivity index (χ0) is 15.0. The van der Waals surface area contributed by atoms with Gasteiger partial charge in [0.1, 0.15) is 6.04 Å². The van der Waals surface area contributed by atoms with Crippen molar-refractivity contribution in [3.8, 4) is 0 Å². The van der Waals surface area contributed by atoms with Crippen LogP contribution >= 0.6 is 0 Å². The van der Waals surface area contributed by atoms with Crippen molar-refractivity contribution in [2.75, 3.05) is 20.1 Å². The summed E-state index contributed by atoms with van der Waals surface area (Å²) in [5.41, 5.74) is 0.787. The Morgan fingerprint density at radius 3 is 2.90 bits per heavy atom. The first-order valence-electron chi connectivity index (χ1n) is 7.19. The smallest absolute Gasteiger partial charge is 0.249 e. The van der Waals surface area contributed by atoms with Crippen molar-refractivity contribution in [3.05, 3.63) is 24.4 Å². The largest absolute Gasteiger partial charge is 0.363 e. The van der Waals surface area contributed by atoms with E-state index in [0.29, 0.717) is 12.8 Å². The van der Waals surface area contributed by atoms with Gasteiger partial charge in [-0.05, 0) is 38.4 Å². The molecule has 1 unspecified atom stereocenters. The average molecular weight is 279 g/mol. The van der Waals surface area contributed by atoms with Crippen LogP contribution in [0.25, 0.3) is 0 Å². The summed E-state index contributed by atoms with van der Waals surface area (Å²) in [5.74, 6) is -0.425. The number of piperidine rings is 1. The van der Waals surface area contributed by atoms with Crippen molar-refractivity contribution in [2.45, 2.75) is 38.6 Å². The Balaban J connectivity index is 2.36. The quantitative estimate of drug-likeness (QED) is 0.398. The summed E-state index contributed by atoms with van der Waals surface area (Å²) >= 11 is 0. The number of amides is 2. The highest BCUT2D eigenvalue weighted by molar-refractivity contribution is 6.00. The van der Waals surface area contributed by atoms with Crippen LogP contribution in [0.3, 0.4) is 0 Å². The van der Waals surface area contributed by atoms with Crippen molar-refractivity contribution in [1.29, 1.82) is 0 Å². The molecule has 0 aliphatic carbocycles. The van der Waals surface area contributed by atoms with Gasteiger partial charge in [0.15, 0.2) is 0 Å². The van der Waals surface area contributed by atoms with Gasteiger partial charge in [0.05, 0.1) is 0 Å². The van der Waals surface area contributed by atoms with E-state index in [4.69, 9.17) is 0 Å². The number of allylic oxidation sites excluding steroid dienone is 1. The molecule has 20 heavy (non-hydrogen) atoms. The molecular formula is C15H25N3O2. The number of nitrogens with zero attached hydrogens (tertiary/aromatic N) is 1. The first kappa shape index (κ1) is 16.4. The number of carbonyl (C=O) groups excluding carboxylic acids is 2. The lowest BCUT2D eigenvalue weighted by Gasteiger charge is -2.31. The monoisotopic (exact) mass is 279 g/mol. The third kappa shape index (κ3) is 5.17. The molecule has 0 radical (unpaired) electrons. The maximum Gasteiger partial charge on any atom is 0.249 e. The summed E-state index contributed by atoms with van der Waals surface area (Å²) < 4.78 is 0. The van der Waals surface area contributed by atoms with Crippen LogP contribution < -0.4 is 10.6 Å². The Labute approximate surface area is 121 Å². The minimum absolute atomic E-state index is 0.192. The summed E-state index contributed by atoms with van der Waals surface area (Å²) in [6.07, 6.45) is 6.98. The molecule has 0 aromatic rings. The van der Waals surface area contributed by atoms with Crippen LogP contribution in [0.15, 0.2) is 24.4 Å². The molecular weight excluding hydrogens is 254 g/mol. The minimum Gasteiger partial charge on any atom is -0.363 e. The average Bonchev–Trinajstić information content (AvgIpc) is 2.41. The lowest BCUT2D eigenvalue weighted by Crippen LogP contribution is -2.50. The van der Waals surface area contributed by atoms with Crippen LogP contribution in [0.4, 0.5) is 0 Å². The van der Waals surface area contributed by atoms with E-state index >= 15 is 0 Å². The normalized spacial score (nSPS) is 19.2. The number of imide groups is 1. The van der Waals surface area contributed by atoms with Gasteiger partial charge in [-0.15, -0.1) is 0 Å². The highest BCUT2D eigenvalue weighted by atomic mass is 16.2. The van der Waals surface area contributed by atoms with Gasteiger partial charge in [0, 0.05) is 19.2 Å². The molecule has 1 heterocycles. The Hall–Kier alpha value is -1.62. The van der Waals surface area contributed by atoms with Gasteiger partial charge in [0.25, 0.3) is 0 Å². The van der Waals surface area contributed by atoms with Gasteiger partial charge in [0.2, 0.25) is 11.8 Å². The van der Waals surface area contributed by atoms with E-state index in [1.165, 1.54) is 0 Å². The van der Waals surface area contributed by atoms with Gasteiger partial charge in [-0.25, -0.2) is 0 Å². The predicted molar refractivity (Wildman–Crippen MR) is 80.0 cm³/mol. The van der Waals surface area contributed by atoms with Gasteiger partial charge < -0.3 is 10.2 Å². The molecule has 0 saturated carbocycles. The van der Waals surface area contributed by atoms with Crippen molar-refractivity contribution >= 4 is 11.8 Å². The molecule has 0 spiro atoms. The molecule has 1 atom stereocenters. The number of carbonyl (C=O) groups is 2. The van der Waals surface area contributed by atoms with Gasteiger partial charge in [-0.1, -0.05) is 19.6 Å². The number of rotatable bonds is 8. The van der Waals surface area contributed by atoms with Crippen LogP contribution in [0, 0.1) is 0 Å². The van der Waals surface area contributed by atoms with Gasteiger partial charge in [-0.3, -0.25) is 14.9 Å². The zero-order valence-corrected chi connectivity index (χ0v) is 12.4. The fraction of sp³-hybridized carbons (Fsp3) is 0.600. The van der Waals surface area contributed by atoms with E-state index in [1.807, 2.05) is 24.1 Å². The molecule has 5 nitrogen and oxygen atoms in total. The molecule has 0 aromatic carbocycles. The molecule has 1 saturated heterocycles. The van der Waals surface area contributed by atoms with Crippen LogP contribution in [0.1, 0.15) is 32.6 Å². The first-order chi connectivity index (χ1) is 9.56. The van der Waals surface area contributed by atoms with E-state index in [0.717, 1.165) is 31.6 Å². The van der Waals surface area contributed by atoms with Gasteiger partial charge >= 0.3 is 0 Å². The Morgan fingerprint density at radius 2 is 2.25 bits per heavy atom. The fourth-order valence-corrected chi connectivity index (χ4v) is 2.08. The Morgan fingerprint density at radius 1 is 1.50 bits per heavy atom. The van der Waals surface area contributed by atoms with E-state index < -0.39 is 0 Å². The van der Waals surface area contributed by atoms with Crippen molar-refractivity contribution in [1.82, 2.24) is 15.5 Å². The molecule has 2 N–H and O–H groups in total. The summed E-state index contributed by atoms with van der Waals surface area (Å²) in [6, 6.07) is -0.303. The molecule has 2 amide bonds. The molecule has 0 bridgehead atoms. The Bertz CT molecular complexity index is 391. The molecule has 1 rings (SSSR count). The molecule has 0 aromatic heterocycles. The molecule has 112 valence electrons. The second-order valence-corrected chi connectivity index (χ2v) is 5.01. The van der Waals surface area contributed by atoms with Crippen molar-refractivity contribution in [2.24, 2.45) is 0 Å². The van der Waals surface area contributed by atoms with E-state index in [2.05, 4.69) is 24.1 Å². The van der Waals surface area contributed by atoms with E-state index in [-0.39, 0.29) is 17.9 Å². The number of hydrogen-bond acceptors (Lipinski definition) is 4. The third-order valence-corrected chi connectivity index (χ3v) is 3.36. The molecule has 1 aliphatic rings. The lowest BCUT2D eigenvalue weighted by molar-refractivity contribution is -0.136. The van der Waals surface area contributed by atoms with Crippen LogP contribution in [-0.4, -0.2) is 42.9 Å². The van der Waals surface area contributed by atoms with Crippen LogP contribution in [-0.2, 0) is 9.59 Å². The fourth-order valence-electron chi connectivity index (χ4n) is 2.08. The second-order valence-electron chi connectivity index (χ2n) is 5.01.